The molecule has 0 amide bonds. The van der Waals surface area contributed by atoms with E-state index in [1.54, 1.807) is 7.11 Å². The summed E-state index contributed by atoms with van der Waals surface area (Å²) in [6.45, 7) is 3.48. The molecule has 0 bridgehead atoms. The minimum atomic E-state index is 0.302. The van der Waals surface area contributed by atoms with Crippen LogP contribution in [0.2, 0.25) is 0 Å². The van der Waals surface area contributed by atoms with Crippen molar-refractivity contribution in [2.45, 2.75) is 32.1 Å². The molecule has 3 heteroatoms. The molecule has 2 N–H and O–H groups in total. The van der Waals surface area contributed by atoms with Crippen molar-refractivity contribution in [1.82, 2.24) is 0 Å². The lowest BCUT2D eigenvalue weighted by Crippen LogP contribution is -2.14. The largest absolute Gasteiger partial charge is 0.496 e. The van der Waals surface area contributed by atoms with E-state index in [1.807, 2.05) is 30.3 Å². The van der Waals surface area contributed by atoms with Gasteiger partial charge in [-0.25, -0.2) is 0 Å². The Morgan fingerprint density at radius 2 is 1.70 bits per heavy atom. The second-order valence-electron chi connectivity index (χ2n) is 5.63. The lowest BCUT2D eigenvalue weighted by atomic mass is 9.93. The summed E-state index contributed by atoms with van der Waals surface area (Å²) in [5, 5.41) is 0. The van der Waals surface area contributed by atoms with Gasteiger partial charge in [0.2, 0.25) is 0 Å². The minimum Gasteiger partial charge on any atom is -0.496 e. The highest BCUT2D eigenvalue weighted by Gasteiger charge is 2.14. The summed E-state index contributed by atoms with van der Waals surface area (Å²) in [7, 11) is 1.71. The number of para-hydroxylation sites is 2. The molecule has 0 spiro atoms. The number of rotatable bonds is 9. The topological polar surface area (TPSA) is 44.5 Å². The molecule has 0 aliphatic rings. The van der Waals surface area contributed by atoms with Crippen molar-refractivity contribution < 1.29 is 9.47 Å². The number of nitrogens with two attached hydrogens (primary N) is 1. The highest BCUT2D eigenvalue weighted by atomic mass is 16.5. The van der Waals surface area contributed by atoms with Crippen LogP contribution in [-0.4, -0.2) is 20.3 Å². The van der Waals surface area contributed by atoms with Gasteiger partial charge in [0.15, 0.2) is 0 Å². The maximum absolute atomic E-state index is 5.97. The van der Waals surface area contributed by atoms with Gasteiger partial charge in [-0.15, -0.1) is 0 Å². The van der Waals surface area contributed by atoms with Gasteiger partial charge < -0.3 is 15.2 Å². The molecular formula is C20H27NO2. The van der Waals surface area contributed by atoms with Crippen LogP contribution in [0.3, 0.4) is 0 Å². The van der Waals surface area contributed by atoms with Crippen LogP contribution >= 0.6 is 0 Å². The molecule has 0 aliphatic carbocycles. The second kappa shape index (κ2) is 9.21. The maximum atomic E-state index is 5.97. The van der Waals surface area contributed by atoms with Crippen LogP contribution in [0.15, 0.2) is 48.5 Å². The van der Waals surface area contributed by atoms with E-state index in [-0.39, 0.29) is 0 Å². The number of hydrogen-bond acceptors (Lipinski definition) is 3. The van der Waals surface area contributed by atoms with E-state index >= 15 is 0 Å². The summed E-state index contributed by atoms with van der Waals surface area (Å²) < 4.78 is 11.4. The van der Waals surface area contributed by atoms with Crippen molar-refractivity contribution in [3.63, 3.8) is 0 Å². The predicted octanol–water partition coefficient (Wildman–Crippen LogP) is 4.16. The van der Waals surface area contributed by atoms with E-state index in [1.165, 1.54) is 11.1 Å². The van der Waals surface area contributed by atoms with E-state index in [2.05, 4.69) is 25.1 Å². The van der Waals surface area contributed by atoms with Crippen molar-refractivity contribution in [2.75, 3.05) is 20.3 Å². The van der Waals surface area contributed by atoms with Gasteiger partial charge in [0.1, 0.15) is 11.5 Å². The first-order valence-corrected chi connectivity index (χ1v) is 8.33. The molecule has 0 radical (unpaired) electrons. The van der Waals surface area contributed by atoms with Gasteiger partial charge in [0.05, 0.1) is 13.7 Å². The average Bonchev–Trinajstić information content (AvgIpc) is 2.62. The van der Waals surface area contributed by atoms with Crippen LogP contribution in [-0.2, 0) is 6.42 Å². The molecule has 1 atom stereocenters. The molecule has 124 valence electrons. The summed E-state index contributed by atoms with van der Waals surface area (Å²) in [5.41, 5.74) is 8.41. The number of hydrogen-bond donors (Lipinski definition) is 1. The van der Waals surface area contributed by atoms with Gasteiger partial charge >= 0.3 is 0 Å². The van der Waals surface area contributed by atoms with Crippen LogP contribution in [0.25, 0.3) is 0 Å². The molecule has 3 nitrogen and oxygen atoms in total. The number of ether oxygens (including phenoxy) is 2. The van der Waals surface area contributed by atoms with Gasteiger partial charge in [-0.3, -0.25) is 0 Å². The molecule has 0 aromatic heterocycles. The fraction of sp³-hybridized carbons (Fsp3) is 0.400. The van der Waals surface area contributed by atoms with E-state index in [4.69, 9.17) is 15.2 Å². The Morgan fingerprint density at radius 1 is 1.00 bits per heavy atom. The molecule has 1 unspecified atom stereocenters. The van der Waals surface area contributed by atoms with E-state index < -0.39 is 0 Å². The fourth-order valence-electron chi connectivity index (χ4n) is 2.85. The third-order valence-electron chi connectivity index (χ3n) is 4.17. The standard InChI is InChI=1S/C20H27NO2/c1-3-16-9-4-6-12-19(16)23-14-8-10-17(15-21)18-11-5-7-13-20(18)22-2/h4-7,9,11-13,17H,3,8,10,14-15,21H2,1-2H3. The molecule has 0 fully saturated rings. The molecule has 2 aromatic rings. The van der Waals surface area contributed by atoms with E-state index in [9.17, 15) is 0 Å². The smallest absolute Gasteiger partial charge is 0.122 e. The Labute approximate surface area is 139 Å². The van der Waals surface area contributed by atoms with Gasteiger partial charge in [-0.05, 0) is 55.0 Å². The van der Waals surface area contributed by atoms with Crippen LogP contribution in [0.1, 0.15) is 36.8 Å². The number of aryl methyl sites for hydroxylation is 1. The van der Waals surface area contributed by atoms with E-state index in [0.717, 1.165) is 30.8 Å². The predicted molar refractivity (Wildman–Crippen MR) is 95.3 cm³/mol. The van der Waals surface area contributed by atoms with Gasteiger partial charge in [-0.2, -0.15) is 0 Å². The van der Waals surface area contributed by atoms with Crippen LogP contribution in [0, 0.1) is 0 Å². The molecule has 23 heavy (non-hydrogen) atoms. The highest BCUT2D eigenvalue weighted by Crippen LogP contribution is 2.29. The molecule has 0 saturated carbocycles. The van der Waals surface area contributed by atoms with Crippen LogP contribution in [0.5, 0.6) is 11.5 Å². The first-order valence-electron chi connectivity index (χ1n) is 8.33. The Kier molecular flexibility index (Phi) is 6.95. The second-order valence-corrected chi connectivity index (χ2v) is 5.63. The Hall–Kier alpha value is -2.00. The monoisotopic (exact) mass is 313 g/mol. The molecule has 2 aromatic carbocycles. The van der Waals surface area contributed by atoms with Crippen LogP contribution in [0.4, 0.5) is 0 Å². The lowest BCUT2D eigenvalue weighted by Gasteiger charge is -2.18. The third kappa shape index (κ3) is 4.73. The first kappa shape index (κ1) is 17.4. The van der Waals surface area contributed by atoms with Crippen molar-refractivity contribution >= 4 is 0 Å². The Balaban J connectivity index is 1.89. The maximum Gasteiger partial charge on any atom is 0.122 e. The Bertz CT molecular complexity index is 598. The summed E-state index contributed by atoms with van der Waals surface area (Å²) in [6.07, 6.45) is 2.95. The zero-order chi connectivity index (χ0) is 16.5. The summed E-state index contributed by atoms with van der Waals surface area (Å²) in [4.78, 5) is 0. The van der Waals surface area contributed by atoms with Crippen LogP contribution < -0.4 is 15.2 Å². The zero-order valence-corrected chi connectivity index (χ0v) is 14.1. The van der Waals surface area contributed by atoms with Crippen molar-refractivity contribution in [3.8, 4) is 11.5 Å². The number of benzene rings is 2. The molecule has 0 saturated heterocycles. The van der Waals surface area contributed by atoms with Gasteiger partial charge in [-0.1, -0.05) is 43.3 Å². The summed E-state index contributed by atoms with van der Waals surface area (Å²) in [5.74, 6) is 2.22. The zero-order valence-electron chi connectivity index (χ0n) is 14.1. The minimum absolute atomic E-state index is 0.302. The quantitative estimate of drug-likeness (QED) is 0.707. The highest BCUT2D eigenvalue weighted by molar-refractivity contribution is 5.36. The van der Waals surface area contributed by atoms with E-state index in [0.29, 0.717) is 19.1 Å². The first-order chi connectivity index (χ1) is 11.3. The third-order valence-corrected chi connectivity index (χ3v) is 4.17. The molecule has 0 aliphatic heterocycles. The normalized spacial score (nSPS) is 12.0. The fourth-order valence-corrected chi connectivity index (χ4v) is 2.85. The van der Waals surface area contributed by atoms with Gasteiger partial charge in [0, 0.05) is 0 Å². The lowest BCUT2D eigenvalue weighted by molar-refractivity contribution is 0.298. The summed E-state index contributed by atoms with van der Waals surface area (Å²) >= 11 is 0. The number of methoxy groups -OCH3 is 1. The molecular weight excluding hydrogens is 286 g/mol. The van der Waals surface area contributed by atoms with Gasteiger partial charge in [0.25, 0.3) is 0 Å². The molecule has 2 rings (SSSR count). The Morgan fingerprint density at radius 3 is 2.39 bits per heavy atom. The summed E-state index contributed by atoms with van der Waals surface area (Å²) in [6, 6.07) is 16.3. The van der Waals surface area contributed by atoms with Crippen molar-refractivity contribution in [1.29, 1.82) is 0 Å². The SMILES string of the molecule is CCc1ccccc1OCCCC(CN)c1ccccc1OC. The average molecular weight is 313 g/mol. The van der Waals surface area contributed by atoms with Crippen molar-refractivity contribution in [3.05, 3.63) is 59.7 Å². The molecule has 0 heterocycles. The van der Waals surface area contributed by atoms with Crippen molar-refractivity contribution in [2.24, 2.45) is 5.73 Å².